The summed E-state index contributed by atoms with van der Waals surface area (Å²) < 4.78 is 10.3. The molecule has 2 rings (SSSR count). The Morgan fingerprint density at radius 2 is 2.00 bits per heavy atom. The molecular weight excluding hydrogens is 344 g/mol. The number of ether oxygens (including phenoxy) is 2. The van der Waals surface area contributed by atoms with Crippen molar-refractivity contribution in [3.05, 3.63) is 53.1 Å². The average Bonchev–Trinajstić information content (AvgIpc) is 2.59. The molecule has 132 valence electrons. The van der Waals surface area contributed by atoms with Crippen LogP contribution in [0.1, 0.15) is 23.7 Å². The van der Waals surface area contributed by atoms with Crippen molar-refractivity contribution in [3.8, 4) is 5.75 Å². The number of halogens is 1. The number of amides is 1. The summed E-state index contributed by atoms with van der Waals surface area (Å²) in [6.07, 6.45) is -0.612. The molecule has 0 spiro atoms. The first-order valence-corrected chi connectivity index (χ1v) is 8.03. The highest BCUT2D eigenvalue weighted by molar-refractivity contribution is 6.32. The highest BCUT2D eigenvalue weighted by Gasteiger charge is 2.22. The monoisotopic (exact) mass is 362 g/mol. The Hall–Kier alpha value is -2.73. The number of methoxy groups -OCH3 is 1. The SMILES string of the molecule is CCC(OC(=O)c1cccc(N)c1)C(=O)Nc1ccc(OC)c(Cl)c1. The fourth-order valence-electron chi connectivity index (χ4n) is 2.15. The molecule has 1 atom stereocenters. The number of rotatable bonds is 6. The van der Waals surface area contributed by atoms with E-state index < -0.39 is 18.0 Å². The standard InChI is InChI=1S/C18H19ClN2O4/c1-3-15(25-18(23)11-5-4-6-12(20)9-11)17(22)21-13-7-8-16(24-2)14(19)10-13/h4-10,15H,3,20H2,1-2H3,(H,21,22). The third kappa shape index (κ3) is 4.87. The highest BCUT2D eigenvalue weighted by Crippen LogP contribution is 2.27. The normalized spacial score (nSPS) is 11.5. The van der Waals surface area contributed by atoms with Gasteiger partial charge in [-0.3, -0.25) is 4.79 Å². The molecule has 0 aromatic heterocycles. The Morgan fingerprint density at radius 1 is 1.24 bits per heavy atom. The van der Waals surface area contributed by atoms with E-state index in [1.54, 1.807) is 43.3 Å². The van der Waals surface area contributed by atoms with Crippen LogP contribution < -0.4 is 15.8 Å². The fourth-order valence-corrected chi connectivity index (χ4v) is 2.41. The lowest BCUT2D eigenvalue weighted by atomic mass is 10.2. The molecule has 0 aliphatic rings. The Kier molecular flexibility index (Phi) is 6.25. The van der Waals surface area contributed by atoms with E-state index >= 15 is 0 Å². The first-order chi connectivity index (χ1) is 11.9. The lowest BCUT2D eigenvalue weighted by Gasteiger charge is -2.16. The number of carbonyl (C=O) groups excluding carboxylic acids is 2. The van der Waals surface area contributed by atoms with E-state index in [0.29, 0.717) is 34.1 Å². The number of hydrogen-bond acceptors (Lipinski definition) is 5. The Morgan fingerprint density at radius 3 is 2.60 bits per heavy atom. The van der Waals surface area contributed by atoms with Gasteiger partial charge in [0.05, 0.1) is 17.7 Å². The van der Waals surface area contributed by atoms with Gasteiger partial charge in [0.25, 0.3) is 5.91 Å². The van der Waals surface area contributed by atoms with Crippen LogP contribution in [0.5, 0.6) is 5.75 Å². The van der Waals surface area contributed by atoms with Crippen molar-refractivity contribution in [2.45, 2.75) is 19.4 Å². The summed E-state index contributed by atoms with van der Waals surface area (Å²) in [5.74, 6) is -0.553. The molecule has 1 unspecified atom stereocenters. The van der Waals surface area contributed by atoms with E-state index in [-0.39, 0.29) is 0 Å². The Balaban J connectivity index is 2.05. The molecule has 2 aromatic carbocycles. The van der Waals surface area contributed by atoms with Gasteiger partial charge in [-0.15, -0.1) is 0 Å². The molecule has 0 radical (unpaired) electrons. The molecule has 2 aromatic rings. The molecule has 0 aliphatic carbocycles. The van der Waals surface area contributed by atoms with Crippen molar-refractivity contribution in [2.75, 3.05) is 18.2 Å². The van der Waals surface area contributed by atoms with Crippen LogP contribution in [0.15, 0.2) is 42.5 Å². The Bertz CT molecular complexity index is 779. The predicted octanol–water partition coefficient (Wildman–Crippen LogP) is 3.50. The van der Waals surface area contributed by atoms with Crippen LogP contribution in [0.2, 0.25) is 5.02 Å². The summed E-state index contributed by atoms with van der Waals surface area (Å²) in [4.78, 5) is 24.5. The quantitative estimate of drug-likeness (QED) is 0.606. The summed E-state index contributed by atoms with van der Waals surface area (Å²) in [5.41, 5.74) is 6.87. The molecule has 0 bridgehead atoms. The maximum Gasteiger partial charge on any atom is 0.338 e. The summed E-state index contributed by atoms with van der Waals surface area (Å²) >= 11 is 6.03. The number of nitrogens with two attached hydrogens (primary N) is 1. The fraction of sp³-hybridized carbons (Fsp3) is 0.222. The van der Waals surface area contributed by atoms with Gasteiger partial charge in [0.15, 0.2) is 6.10 Å². The van der Waals surface area contributed by atoms with Gasteiger partial charge >= 0.3 is 5.97 Å². The zero-order valence-electron chi connectivity index (χ0n) is 13.9. The maximum atomic E-state index is 12.4. The number of nitrogen functional groups attached to an aromatic ring is 1. The summed E-state index contributed by atoms with van der Waals surface area (Å²) in [7, 11) is 1.50. The van der Waals surface area contributed by atoms with Crippen molar-refractivity contribution in [1.29, 1.82) is 0 Å². The van der Waals surface area contributed by atoms with Crippen molar-refractivity contribution >= 4 is 34.9 Å². The molecular formula is C18H19ClN2O4. The molecule has 6 nitrogen and oxygen atoms in total. The van der Waals surface area contributed by atoms with Crippen LogP contribution in [0.25, 0.3) is 0 Å². The van der Waals surface area contributed by atoms with E-state index in [0.717, 1.165) is 0 Å². The highest BCUT2D eigenvalue weighted by atomic mass is 35.5. The lowest BCUT2D eigenvalue weighted by Crippen LogP contribution is -2.32. The van der Waals surface area contributed by atoms with Crippen molar-refractivity contribution < 1.29 is 19.1 Å². The lowest BCUT2D eigenvalue weighted by molar-refractivity contribution is -0.124. The van der Waals surface area contributed by atoms with Gasteiger partial charge in [0.1, 0.15) is 5.75 Å². The van der Waals surface area contributed by atoms with Gasteiger partial charge in [-0.05, 0) is 42.8 Å². The molecule has 3 N–H and O–H groups in total. The molecule has 7 heteroatoms. The van der Waals surface area contributed by atoms with Gasteiger partial charge in [-0.25, -0.2) is 4.79 Å². The number of esters is 1. The number of anilines is 2. The number of hydrogen-bond donors (Lipinski definition) is 2. The molecule has 0 aliphatic heterocycles. The first-order valence-electron chi connectivity index (χ1n) is 7.65. The number of carbonyl (C=O) groups is 2. The van der Waals surface area contributed by atoms with Gasteiger partial charge in [0, 0.05) is 11.4 Å². The minimum Gasteiger partial charge on any atom is -0.495 e. The van der Waals surface area contributed by atoms with Crippen molar-refractivity contribution in [2.24, 2.45) is 0 Å². The third-order valence-corrected chi connectivity index (χ3v) is 3.75. The summed E-state index contributed by atoms with van der Waals surface area (Å²) in [6.45, 7) is 1.75. The van der Waals surface area contributed by atoms with Crippen LogP contribution in [0.3, 0.4) is 0 Å². The number of nitrogens with one attached hydrogen (secondary N) is 1. The smallest absolute Gasteiger partial charge is 0.338 e. The first kappa shape index (κ1) is 18.6. The predicted molar refractivity (Wildman–Crippen MR) is 97.0 cm³/mol. The topological polar surface area (TPSA) is 90.7 Å². The zero-order valence-corrected chi connectivity index (χ0v) is 14.7. The van der Waals surface area contributed by atoms with Gasteiger partial charge in [-0.2, -0.15) is 0 Å². The molecule has 0 saturated heterocycles. The van der Waals surface area contributed by atoms with Gasteiger partial charge < -0.3 is 20.5 Å². The van der Waals surface area contributed by atoms with Gasteiger partial charge in [-0.1, -0.05) is 24.6 Å². The van der Waals surface area contributed by atoms with Crippen LogP contribution >= 0.6 is 11.6 Å². The number of benzene rings is 2. The van der Waals surface area contributed by atoms with Crippen LogP contribution in [0.4, 0.5) is 11.4 Å². The second-order valence-corrected chi connectivity index (χ2v) is 5.67. The van der Waals surface area contributed by atoms with E-state index in [2.05, 4.69) is 5.32 Å². The van der Waals surface area contributed by atoms with Crippen LogP contribution in [-0.4, -0.2) is 25.1 Å². The second-order valence-electron chi connectivity index (χ2n) is 5.27. The minimum atomic E-state index is -0.935. The van der Waals surface area contributed by atoms with Gasteiger partial charge in [0.2, 0.25) is 0 Å². The second kappa shape index (κ2) is 8.39. The Labute approximate surface area is 150 Å². The molecule has 0 saturated carbocycles. The van der Waals surface area contributed by atoms with Crippen molar-refractivity contribution in [1.82, 2.24) is 0 Å². The molecule has 25 heavy (non-hydrogen) atoms. The minimum absolute atomic E-state index is 0.291. The summed E-state index contributed by atoms with van der Waals surface area (Å²) in [5, 5.41) is 3.04. The largest absolute Gasteiger partial charge is 0.495 e. The average molecular weight is 363 g/mol. The van der Waals surface area contributed by atoms with E-state index in [1.807, 2.05) is 0 Å². The maximum absolute atomic E-state index is 12.4. The summed E-state index contributed by atoms with van der Waals surface area (Å²) in [6, 6.07) is 11.2. The zero-order chi connectivity index (χ0) is 18.4. The van der Waals surface area contributed by atoms with Crippen molar-refractivity contribution in [3.63, 3.8) is 0 Å². The van der Waals surface area contributed by atoms with Crippen LogP contribution in [-0.2, 0) is 9.53 Å². The van der Waals surface area contributed by atoms with E-state index in [1.165, 1.54) is 13.2 Å². The van der Waals surface area contributed by atoms with E-state index in [4.69, 9.17) is 26.8 Å². The molecule has 0 heterocycles. The molecule has 0 fully saturated rings. The third-order valence-electron chi connectivity index (χ3n) is 3.45. The molecule has 1 amide bonds. The van der Waals surface area contributed by atoms with E-state index in [9.17, 15) is 9.59 Å². The van der Waals surface area contributed by atoms with Crippen LogP contribution in [0, 0.1) is 0 Å².